The van der Waals surface area contributed by atoms with E-state index >= 15 is 0 Å². The predicted octanol–water partition coefficient (Wildman–Crippen LogP) is 1.59. The molecule has 3 fully saturated rings. The maximum atomic E-state index is 12.2. The van der Waals surface area contributed by atoms with Crippen molar-refractivity contribution in [3.05, 3.63) is 12.2 Å². The number of piperidine rings is 1. The Morgan fingerprint density at radius 3 is 2.54 bits per heavy atom. The second-order valence-electron chi connectivity index (χ2n) is 7.06. The third kappa shape index (κ3) is 4.36. The minimum atomic E-state index is -0.458. The Kier molecular flexibility index (Phi) is 5.89. The zero-order valence-corrected chi connectivity index (χ0v) is 14.1. The van der Waals surface area contributed by atoms with Crippen LogP contribution in [0.25, 0.3) is 0 Å². The first-order valence-corrected chi connectivity index (χ1v) is 9.00. The lowest BCUT2D eigenvalue weighted by Gasteiger charge is -2.30. The minimum Gasteiger partial charge on any atom is -0.462 e. The standard InChI is InChI=1S/C18H27NO5/c1-12(9-16(20)23-15-3-2-7-22-8-6-15)18(21)24-17-13-4-5-14(17)11-19-10-13/h13-15,17,19H,1-11H2/t13-,14+,15?,17?. The fourth-order valence-corrected chi connectivity index (χ4v) is 3.90. The number of rotatable bonds is 5. The van der Waals surface area contributed by atoms with Crippen LogP contribution in [0.15, 0.2) is 12.2 Å². The number of hydrogen-bond acceptors (Lipinski definition) is 6. The molecule has 2 bridgehead atoms. The molecule has 2 unspecified atom stereocenters. The Labute approximate surface area is 142 Å². The van der Waals surface area contributed by atoms with Crippen LogP contribution in [-0.4, -0.2) is 50.4 Å². The van der Waals surface area contributed by atoms with E-state index in [4.69, 9.17) is 14.2 Å². The van der Waals surface area contributed by atoms with Gasteiger partial charge in [0.2, 0.25) is 0 Å². The van der Waals surface area contributed by atoms with Crippen molar-refractivity contribution < 1.29 is 23.8 Å². The lowest BCUT2D eigenvalue weighted by Crippen LogP contribution is -2.44. The van der Waals surface area contributed by atoms with Crippen molar-refractivity contribution >= 4 is 11.9 Å². The van der Waals surface area contributed by atoms with Crippen LogP contribution in [0.2, 0.25) is 0 Å². The SMILES string of the molecule is C=C(CC(=O)OC1CCCOCC1)C(=O)OC1[C@@H]2CC[C@H]1CNC2. The summed E-state index contributed by atoms with van der Waals surface area (Å²) < 4.78 is 16.4. The second kappa shape index (κ2) is 8.12. The van der Waals surface area contributed by atoms with Gasteiger partial charge in [-0.05, 0) is 25.7 Å². The molecule has 3 aliphatic rings. The van der Waals surface area contributed by atoms with Crippen molar-refractivity contribution in [2.75, 3.05) is 26.3 Å². The van der Waals surface area contributed by atoms with Gasteiger partial charge in [0.25, 0.3) is 0 Å². The highest BCUT2D eigenvalue weighted by atomic mass is 16.6. The van der Waals surface area contributed by atoms with Gasteiger partial charge in [-0.3, -0.25) is 4.79 Å². The zero-order chi connectivity index (χ0) is 16.9. The van der Waals surface area contributed by atoms with Gasteiger partial charge in [0.15, 0.2) is 0 Å². The van der Waals surface area contributed by atoms with Crippen LogP contribution >= 0.6 is 0 Å². The van der Waals surface area contributed by atoms with E-state index in [9.17, 15) is 9.59 Å². The van der Waals surface area contributed by atoms with E-state index in [-0.39, 0.29) is 24.2 Å². The normalized spacial score (nSPS) is 32.7. The van der Waals surface area contributed by atoms with E-state index in [0.717, 1.165) is 38.8 Å². The summed E-state index contributed by atoms with van der Waals surface area (Å²) in [7, 11) is 0. The highest BCUT2D eigenvalue weighted by Crippen LogP contribution is 2.36. The summed E-state index contributed by atoms with van der Waals surface area (Å²) in [4.78, 5) is 24.3. The molecule has 2 aliphatic heterocycles. The van der Waals surface area contributed by atoms with Crippen LogP contribution in [0.5, 0.6) is 0 Å². The highest BCUT2D eigenvalue weighted by Gasteiger charge is 2.41. The van der Waals surface area contributed by atoms with Crippen LogP contribution in [-0.2, 0) is 23.8 Å². The maximum Gasteiger partial charge on any atom is 0.334 e. The summed E-state index contributed by atoms with van der Waals surface area (Å²) in [5, 5.41) is 3.36. The molecule has 0 amide bonds. The van der Waals surface area contributed by atoms with E-state index in [0.29, 0.717) is 31.5 Å². The van der Waals surface area contributed by atoms with Gasteiger partial charge >= 0.3 is 11.9 Å². The molecular formula is C18H27NO5. The van der Waals surface area contributed by atoms with Crippen molar-refractivity contribution in [1.29, 1.82) is 0 Å². The van der Waals surface area contributed by atoms with Crippen LogP contribution in [0.4, 0.5) is 0 Å². The van der Waals surface area contributed by atoms with E-state index in [2.05, 4.69) is 11.9 Å². The average molecular weight is 337 g/mol. The summed E-state index contributed by atoms with van der Waals surface area (Å²) in [5.41, 5.74) is 0.183. The third-order valence-electron chi connectivity index (χ3n) is 5.24. The molecule has 6 heteroatoms. The summed E-state index contributed by atoms with van der Waals surface area (Å²) in [6, 6.07) is 0. The predicted molar refractivity (Wildman–Crippen MR) is 87.3 cm³/mol. The quantitative estimate of drug-likeness (QED) is 0.607. The fraction of sp³-hybridized carbons (Fsp3) is 0.778. The number of esters is 2. The molecule has 0 aromatic rings. The van der Waals surface area contributed by atoms with Crippen molar-refractivity contribution in [1.82, 2.24) is 5.32 Å². The minimum absolute atomic E-state index is 0.0365. The van der Waals surface area contributed by atoms with Gasteiger partial charge in [-0.2, -0.15) is 0 Å². The van der Waals surface area contributed by atoms with E-state index in [1.54, 1.807) is 0 Å². The topological polar surface area (TPSA) is 73.9 Å². The van der Waals surface area contributed by atoms with Crippen molar-refractivity contribution in [2.24, 2.45) is 11.8 Å². The van der Waals surface area contributed by atoms with E-state index in [1.807, 2.05) is 0 Å². The molecule has 4 atom stereocenters. The first kappa shape index (κ1) is 17.4. The van der Waals surface area contributed by atoms with Crippen molar-refractivity contribution in [3.63, 3.8) is 0 Å². The summed E-state index contributed by atoms with van der Waals surface area (Å²) in [5.74, 6) is -0.0889. The first-order chi connectivity index (χ1) is 11.6. The number of nitrogens with one attached hydrogen (secondary N) is 1. The Morgan fingerprint density at radius 2 is 1.79 bits per heavy atom. The van der Waals surface area contributed by atoms with Crippen LogP contribution in [0.3, 0.4) is 0 Å². The molecule has 1 N–H and O–H groups in total. The van der Waals surface area contributed by atoms with Gasteiger partial charge < -0.3 is 19.5 Å². The number of carbonyl (C=O) groups is 2. The Morgan fingerprint density at radius 1 is 1.04 bits per heavy atom. The second-order valence-corrected chi connectivity index (χ2v) is 7.06. The molecule has 6 nitrogen and oxygen atoms in total. The smallest absolute Gasteiger partial charge is 0.334 e. The molecule has 134 valence electrons. The maximum absolute atomic E-state index is 12.2. The number of hydrogen-bond donors (Lipinski definition) is 1. The number of carbonyl (C=O) groups excluding carboxylic acids is 2. The molecule has 2 saturated heterocycles. The first-order valence-electron chi connectivity index (χ1n) is 9.00. The molecule has 0 radical (unpaired) electrons. The van der Waals surface area contributed by atoms with Gasteiger partial charge in [0, 0.05) is 43.5 Å². The van der Waals surface area contributed by atoms with Gasteiger partial charge in [-0.25, -0.2) is 4.79 Å². The molecule has 0 spiro atoms. The van der Waals surface area contributed by atoms with Crippen molar-refractivity contribution in [3.8, 4) is 0 Å². The van der Waals surface area contributed by atoms with Gasteiger partial charge in [0.05, 0.1) is 13.0 Å². The van der Waals surface area contributed by atoms with Crippen molar-refractivity contribution in [2.45, 2.75) is 50.7 Å². The Hall–Kier alpha value is -1.40. The molecule has 3 rings (SSSR count). The summed E-state index contributed by atoms with van der Waals surface area (Å²) in [6.07, 6.45) is 4.33. The van der Waals surface area contributed by atoms with E-state index < -0.39 is 11.9 Å². The van der Waals surface area contributed by atoms with Gasteiger partial charge in [0.1, 0.15) is 12.2 Å². The zero-order valence-electron chi connectivity index (χ0n) is 14.1. The molecule has 1 saturated carbocycles. The van der Waals surface area contributed by atoms with Gasteiger partial charge in [-0.15, -0.1) is 0 Å². The molecule has 1 aliphatic carbocycles. The number of ether oxygens (including phenoxy) is 3. The molecule has 2 heterocycles. The molecule has 0 aromatic carbocycles. The Balaban J connectivity index is 1.43. The van der Waals surface area contributed by atoms with Crippen LogP contribution < -0.4 is 5.32 Å². The third-order valence-corrected chi connectivity index (χ3v) is 5.24. The highest BCUT2D eigenvalue weighted by molar-refractivity contribution is 5.93. The molecule has 24 heavy (non-hydrogen) atoms. The monoisotopic (exact) mass is 337 g/mol. The molecular weight excluding hydrogens is 310 g/mol. The lowest BCUT2D eigenvalue weighted by atomic mass is 9.96. The lowest BCUT2D eigenvalue weighted by molar-refractivity contribution is -0.154. The van der Waals surface area contributed by atoms with Crippen LogP contribution in [0, 0.1) is 11.8 Å². The summed E-state index contributed by atoms with van der Waals surface area (Å²) >= 11 is 0. The van der Waals surface area contributed by atoms with Gasteiger partial charge in [-0.1, -0.05) is 6.58 Å². The van der Waals surface area contributed by atoms with E-state index in [1.165, 1.54) is 0 Å². The summed E-state index contributed by atoms with van der Waals surface area (Å²) in [6.45, 7) is 6.84. The molecule has 0 aromatic heterocycles. The average Bonchev–Trinajstić information content (AvgIpc) is 2.79. The largest absolute Gasteiger partial charge is 0.462 e. The fourth-order valence-electron chi connectivity index (χ4n) is 3.90. The Bertz CT molecular complexity index is 468. The number of fused-ring (bicyclic) bond motifs is 2. The van der Waals surface area contributed by atoms with Crippen LogP contribution in [0.1, 0.15) is 38.5 Å².